The smallest absolute Gasteiger partial charge is 0.308 e. The van der Waals surface area contributed by atoms with Gasteiger partial charge < -0.3 is 21.1 Å². The van der Waals surface area contributed by atoms with Crippen molar-refractivity contribution in [1.29, 1.82) is 0 Å². The fourth-order valence-corrected chi connectivity index (χ4v) is 3.26. The molecule has 1 unspecified atom stereocenters. The number of ether oxygens (including phenoxy) is 1. The van der Waals surface area contributed by atoms with Crippen molar-refractivity contribution in [1.82, 2.24) is 15.6 Å². The zero-order valence-electron chi connectivity index (χ0n) is 19.3. The number of nitrogens with one attached hydrogen (secondary N) is 2. The molecular weight excluding hydrogens is 446 g/mol. The molecule has 1 aromatic heterocycles. The number of rotatable bonds is 10. The second kappa shape index (κ2) is 12.6. The van der Waals surface area contributed by atoms with Gasteiger partial charge in [0.25, 0.3) is 5.91 Å². The first kappa shape index (κ1) is 25.1. The van der Waals surface area contributed by atoms with Crippen LogP contribution in [0, 0.1) is 0 Å². The van der Waals surface area contributed by atoms with Crippen LogP contribution in [0.1, 0.15) is 40.9 Å². The summed E-state index contributed by atoms with van der Waals surface area (Å²) in [5, 5.41) is 5.34. The largest absolute Gasteiger partial charge is 0.466 e. The van der Waals surface area contributed by atoms with Gasteiger partial charge >= 0.3 is 5.97 Å². The standard InChI is InChI=1S/C26H27N5O4/c1-2-35-24(33)15-22(20-11-7-13-28-16-20)31-23(32)17-29-26(34)19-10-6-12-21(14-19)30-25(27)18-8-4-3-5-9-18/h3-14,16,22H,2,15,17H2,1H3,(H2,27,30)(H,29,34)(H,31,32). The van der Waals surface area contributed by atoms with Gasteiger partial charge in [0.1, 0.15) is 5.84 Å². The molecule has 0 saturated heterocycles. The van der Waals surface area contributed by atoms with Crippen LogP contribution in [0.15, 0.2) is 84.1 Å². The lowest BCUT2D eigenvalue weighted by molar-refractivity contribution is -0.143. The number of nitrogens with zero attached hydrogens (tertiary/aromatic N) is 2. The van der Waals surface area contributed by atoms with E-state index in [1.807, 2.05) is 30.3 Å². The molecule has 0 spiro atoms. The Labute approximate surface area is 203 Å². The van der Waals surface area contributed by atoms with E-state index in [4.69, 9.17) is 10.5 Å². The van der Waals surface area contributed by atoms with Crippen LogP contribution in [0.4, 0.5) is 5.69 Å². The van der Waals surface area contributed by atoms with Gasteiger partial charge in [-0.1, -0.05) is 42.5 Å². The number of nitrogens with two attached hydrogens (primary N) is 1. The van der Waals surface area contributed by atoms with Crippen molar-refractivity contribution in [3.63, 3.8) is 0 Å². The molecule has 0 aliphatic heterocycles. The number of benzene rings is 2. The SMILES string of the molecule is CCOC(=O)CC(NC(=O)CNC(=O)c1cccc(N=C(N)c2ccccc2)c1)c1cccnc1. The Balaban J connectivity index is 1.61. The first-order valence-corrected chi connectivity index (χ1v) is 11.1. The van der Waals surface area contributed by atoms with Gasteiger partial charge in [-0.15, -0.1) is 0 Å². The number of aromatic nitrogens is 1. The number of esters is 1. The first-order chi connectivity index (χ1) is 17.0. The van der Waals surface area contributed by atoms with E-state index in [1.54, 1.807) is 55.7 Å². The zero-order chi connectivity index (χ0) is 25.0. The molecule has 35 heavy (non-hydrogen) atoms. The molecule has 0 saturated carbocycles. The van der Waals surface area contributed by atoms with Crippen molar-refractivity contribution in [2.45, 2.75) is 19.4 Å². The first-order valence-electron chi connectivity index (χ1n) is 11.1. The van der Waals surface area contributed by atoms with Gasteiger partial charge in [-0.3, -0.25) is 19.4 Å². The van der Waals surface area contributed by atoms with E-state index in [2.05, 4.69) is 20.6 Å². The normalized spacial score (nSPS) is 11.9. The summed E-state index contributed by atoms with van der Waals surface area (Å²) in [4.78, 5) is 45.5. The number of pyridine rings is 1. The van der Waals surface area contributed by atoms with Gasteiger partial charge in [-0.25, -0.2) is 4.99 Å². The summed E-state index contributed by atoms with van der Waals surface area (Å²) < 4.78 is 5.00. The van der Waals surface area contributed by atoms with Gasteiger partial charge in [0.05, 0.1) is 31.3 Å². The highest BCUT2D eigenvalue weighted by Gasteiger charge is 2.20. The maximum atomic E-state index is 12.6. The average molecular weight is 474 g/mol. The molecule has 0 radical (unpaired) electrons. The van der Waals surface area contributed by atoms with Crippen molar-refractivity contribution < 1.29 is 19.1 Å². The lowest BCUT2D eigenvalue weighted by Crippen LogP contribution is -2.39. The van der Waals surface area contributed by atoms with E-state index in [-0.39, 0.29) is 19.6 Å². The molecule has 1 heterocycles. The van der Waals surface area contributed by atoms with Gasteiger partial charge in [0.15, 0.2) is 0 Å². The number of amidine groups is 1. The van der Waals surface area contributed by atoms with Crippen LogP contribution in [0.5, 0.6) is 0 Å². The zero-order valence-corrected chi connectivity index (χ0v) is 19.3. The fourth-order valence-electron chi connectivity index (χ4n) is 3.26. The van der Waals surface area contributed by atoms with Crippen LogP contribution in [-0.2, 0) is 14.3 Å². The highest BCUT2D eigenvalue weighted by Crippen LogP contribution is 2.17. The van der Waals surface area contributed by atoms with Crippen molar-refractivity contribution >= 4 is 29.3 Å². The van der Waals surface area contributed by atoms with Gasteiger partial charge in [-0.05, 0) is 36.8 Å². The third-order valence-corrected chi connectivity index (χ3v) is 4.94. The Morgan fingerprint density at radius 2 is 1.80 bits per heavy atom. The van der Waals surface area contributed by atoms with Crippen LogP contribution in [0.2, 0.25) is 0 Å². The summed E-state index contributed by atoms with van der Waals surface area (Å²) in [6.07, 6.45) is 3.11. The summed E-state index contributed by atoms with van der Waals surface area (Å²) in [6.45, 7) is 1.67. The van der Waals surface area contributed by atoms with Crippen LogP contribution >= 0.6 is 0 Å². The van der Waals surface area contributed by atoms with Gasteiger partial charge in [-0.2, -0.15) is 0 Å². The van der Waals surface area contributed by atoms with Crippen LogP contribution in [0.3, 0.4) is 0 Å². The van der Waals surface area contributed by atoms with E-state index >= 15 is 0 Å². The minimum Gasteiger partial charge on any atom is -0.466 e. The van der Waals surface area contributed by atoms with Crippen LogP contribution in [-0.4, -0.2) is 41.8 Å². The molecule has 3 rings (SSSR count). The van der Waals surface area contributed by atoms with Gasteiger partial charge in [0, 0.05) is 23.5 Å². The molecule has 1 atom stereocenters. The molecule has 3 aromatic rings. The fraction of sp³-hybridized carbons (Fsp3) is 0.192. The molecule has 180 valence electrons. The molecule has 2 aromatic carbocycles. The molecule has 9 nitrogen and oxygen atoms in total. The third kappa shape index (κ3) is 7.78. The van der Waals surface area contributed by atoms with E-state index in [9.17, 15) is 14.4 Å². The molecule has 0 aliphatic carbocycles. The lowest BCUT2D eigenvalue weighted by Gasteiger charge is -2.18. The Bertz CT molecular complexity index is 1180. The van der Waals surface area contributed by atoms with Crippen LogP contribution in [0.25, 0.3) is 0 Å². The highest BCUT2D eigenvalue weighted by atomic mass is 16.5. The molecule has 9 heteroatoms. The third-order valence-electron chi connectivity index (χ3n) is 4.94. The predicted octanol–water partition coefficient (Wildman–Crippen LogP) is 2.66. The molecule has 0 fully saturated rings. The van der Waals surface area contributed by atoms with Crippen molar-refractivity contribution in [2.75, 3.05) is 13.2 Å². The summed E-state index contributed by atoms with van der Waals surface area (Å²) in [5.41, 5.74) is 8.32. The number of aliphatic imine (C=N–C) groups is 1. The number of hydrogen-bond acceptors (Lipinski definition) is 6. The molecule has 4 N–H and O–H groups in total. The Morgan fingerprint density at radius 1 is 1.03 bits per heavy atom. The topological polar surface area (TPSA) is 136 Å². The Hall–Kier alpha value is -4.53. The van der Waals surface area contributed by atoms with E-state index in [0.29, 0.717) is 22.6 Å². The molecule has 0 aliphatic rings. The minimum atomic E-state index is -0.634. The highest BCUT2D eigenvalue weighted by molar-refractivity contribution is 6.00. The van der Waals surface area contributed by atoms with Gasteiger partial charge in [0.2, 0.25) is 5.91 Å². The summed E-state index contributed by atoms with van der Waals surface area (Å²) >= 11 is 0. The number of amides is 2. The van der Waals surface area contributed by atoms with Crippen molar-refractivity contribution in [2.24, 2.45) is 10.7 Å². The second-order valence-corrected chi connectivity index (χ2v) is 7.51. The second-order valence-electron chi connectivity index (χ2n) is 7.51. The van der Waals surface area contributed by atoms with Crippen molar-refractivity contribution in [3.05, 3.63) is 95.8 Å². The minimum absolute atomic E-state index is 0.0535. The maximum absolute atomic E-state index is 12.6. The van der Waals surface area contributed by atoms with E-state index < -0.39 is 23.8 Å². The summed E-state index contributed by atoms with van der Waals surface area (Å²) in [5.74, 6) is -1.03. The number of carbonyl (C=O) groups is 3. The molecule has 2 amide bonds. The monoisotopic (exact) mass is 473 g/mol. The number of carbonyl (C=O) groups excluding carboxylic acids is 3. The van der Waals surface area contributed by atoms with Crippen molar-refractivity contribution in [3.8, 4) is 0 Å². The van der Waals surface area contributed by atoms with E-state index in [0.717, 1.165) is 5.56 Å². The summed E-state index contributed by atoms with van der Waals surface area (Å²) in [6, 6.07) is 18.7. The van der Waals surface area contributed by atoms with E-state index in [1.165, 1.54) is 0 Å². The average Bonchev–Trinajstić information content (AvgIpc) is 2.88. The number of hydrogen-bond donors (Lipinski definition) is 3. The Morgan fingerprint density at radius 3 is 2.51 bits per heavy atom. The quantitative estimate of drug-likeness (QED) is 0.235. The maximum Gasteiger partial charge on any atom is 0.308 e. The molecular formula is C26H27N5O4. The van der Waals surface area contributed by atoms with Crippen LogP contribution < -0.4 is 16.4 Å². The lowest BCUT2D eigenvalue weighted by atomic mass is 10.1. The predicted molar refractivity (Wildman–Crippen MR) is 132 cm³/mol. The Kier molecular flexibility index (Phi) is 9.07. The summed E-state index contributed by atoms with van der Waals surface area (Å²) in [7, 11) is 0. The molecule has 0 bridgehead atoms.